The van der Waals surface area contributed by atoms with Crippen LogP contribution in [-0.4, -0.2) is 14.7 Å². The molecule has 0 saturated heterocycles. The van der Waals surface area contributed by atoms with Crippen molar-refractivity contribution in [1.82, 2.24) is 9.59 Å². The normalized spacial score (nSPS) is 15.8. The van der Waals surface area contributed by atoms with Gasteiger partial charge in [0.05, 0.1) is 17.2 Å². The summed E-state index contributed by atoms with van der Waals surface area (Å²) in [4.78, 5) is 0.838. The van der Waals surface area contributed by atoms with Crippen molar-refractivity contribution in [2.24, 2.45) is 0 Å². The molecule has 3 rings (SSSR count). The average molecular weight is 246 g/mol. The molecular formula is C13H14N2OS. The third-order valence-electron chi connectivity index (χ3n) is 3.30. The zero-order valence-electron chi connectivity index (χ0n) is 9.47. The Morgan fingerprint density at radius 2 is 2.18 bits per heavy atom. The zero-order chi connectivity index (χ0) is 11.7. The fourth-order valence-electron chi connectivity index (χ4n) is 2.40. The van der Waals surface area contributed by atoms with E-state index < -0.39 is 6.10 Å². The summed E-state index contributed by atoms with van der Waals surface area (Å²) in [5.41, 5.74) is 4.13. The molecule has 1 heterocycles. The molecule has 1 aromatic heterocycles. The maximum Gasteiger partial charge on any atom is 0.0954 e. The van der Waals surface area contributed by atoms with E-state index in [-0.39, 0.29) is 0 Å². The summed E-state index contributed by atoms with van der Waals surface area (Å²) in [6.07, 6.45) is 5.47. The van der Waals surface area contributed by atoms with Crippen molar-refractivity contribution in [3.63, 3.8) is 0 Å². The molecule has 4 heteroatoms. The number of aliphatic hydroxyl groups excluding tert-OH is 1. The van der Waals surface area contributed by atoms with Gasteiger partial charge in [0.25, 0.3) is 0 Å². The molecule has 0 radical (unpaired) electrons. The van der Waals surface area contributed by atoms with Gasteiger partial charge in [-0.15, -0.1) is 5.10 Å². The van der Waals surface area contributed by atoms with Gasteiger partial charge in [-0.05, 0) is 47.5 Å². The fourth-order valence-corrected chi connectivity index (χ4v) is 2.89. The molecule has 0 saturated carbocycles. The summed E-state index contributed by atoms with van der Waals surface area (Å²) in [6.45, 7) is 0. The van der Waals surface area contributed by atoms with E-state index in [1.807, 2.05) is 0 Å². The Labute approximate surface area is 104 Å². The Morgan fingerprint density at radius 1 is 1.29 bits per heavy atom. The highest BCUT2D eigenvalue weighted by Crippen LogP contribution is 2.26. The Hall–Kier alpha value is -1.26. The molecule has 0 bridgehead atoms. The maximum absolute atomic E-state index is 10.0. The molecule has 0 amide bonds. The van der Waals surface area contributed by atoms with E-state index in [0.29, 0.717) is 6.42 Å². The van der Waals surface area contributed by atoms with E-state index in [9.17, 15) is 5.11 Å². The summed E-state index contributed by atoms with van der Waals surface area (Å²) in [5, 5.41) is 13.8. The van der Waals surface area contributed by atoms with Gasteiger partial charge < -0.3 is 5.11 Å². The van der Waals surface area contributed by atoms with Crippen LogP contribution in [0.25, 0.3) is 0 Å². The van der Waals surface area contributed by atoms with Gasteiger partial charge in [-0.1, -0.05) is 22.7 Å². The number of hydrogen-bond acceptors (Lipinski definition) is 4. The third kappa shape index (κ3) is 2.23. The Kier molecular flexibility index (Phi) is 2.91. The van der Waals surface area contributed by atoms with E-state index in [2.05, 4.69) is 27.8 Å². The Morgan fingerprint density at radius 3 is 3.00 bits per heavy atom. The number of hydrogen-bond donors (Lipinski definition) is 1. The highest BCUT2D eigenvalue weighted by atomic mass is 32.1. The lowest BCUT2D eigenvalue weighted by Crippen LogP contribution is -2.00. The van der Waals surface area contributed by atoms with E-state index in [1.54, 1.807) is 6.20 Å². The van der Waals surface area contributed by atoms with Crippen molar-refractivity contribution < 1.29 is 5.11 Å². The van der Waals surface area contributed by atoms with Crippen LogP contribution in [0.2, 0.25) is 0 Å². The van der Waals surface area contributed by atoms with E-state index >= 15 is 0 Å². The first-order chi connectivity index (χ1) is 8.33. The van der Waals surface area contributed by atoms with E-state index in [0.717, 1.165) is 4.88 Å². The lowest BCUT2D eigenvalue weighted by Gasteiger charge is -2.09. The largest absolute Gasteiger partial charge is 0.387 e. The van der Waals surface area contributed by atoms with E-state index in [4.69, 9.17) is 0 Å². The van der Waals surface area contributed by atoms with Crippen molar-refractivity contribution in [1.29, 1.82) is 0 Å². The molecular weight excluding hydrogens is 232 g/mol. The van der Waals surface area contributed by atoms with Crippen LogP contribution < -0.4 is 0 Å². The number of rotatable bonds is 3. The molecule has 3 nitrogen and oxygen atoms in total. The van der Waals surface area contributed by atoms with Gasteiger partial charge in [-0.3, -0.25) is 0 Å². The Balaban J connectivity index is 1.77. The number of aryl methyl sites for hydroxylation is 2. The molecule has 88 valence electrons. The highest BCUT2D eigenvalue weighted by Gasteiger charge is 2.14. The molecule has 17 heavy (non-hydrogen) atoms. The summed E-state index contributed by atoms with van der Waals surface area (Å²) in [6, 6.07) is 6.57. The maximum atomic E-state index is 10.0. The minimum Gasteiger partial charge on any atom is -0.387 e. The predicted molar refractivity (Wildman–Crippen MR) is 67.0 cm³/mol. The van der Waals surface area contributed by atoms with Crippen LogP contribution in [0.3, 0.4) is 0 Å². The van der Waals surface area contributed by atoms with Crippen molar-refractivity contribution in [2.45, 2.75) is 31.8 Å². The van der Waals surface area contributed by atoms with Crippen LogP contribution in [0, 0.1) is 0 Å². The molecule has 2 aromatic rings. The lowest BCUT2D eigenvalue weighted by atomic mass is 10.0. The highest BCUT2D eigenvalue weighted by molar-refractivity contribution is 7.05. The number of benzene rings is 1. The lowest BCUT2D eigenvalue weighted by molar-refractivity contribution is 0.182. The first kappa shape index (κ1) is 10.9. The van der Waals surface area contributed by atoms with Gasteiger partial charge in [0.15, 0.2) is 0 Å². The minimum absolute atomic E-state index is 0.477. The van der Waals surface area contributed by atoms with Crippen LogP contribution in [0.1, 0.15) is 34.1 Å². The predicted octanol–water partition coefficient (Wildman–Crippen LogP) is 2.30. The van der Waals surface area contributed by atoms with Gasteiger partial charge in [0, 0.05) is 6.42 Å². The second kappa shape index (κ2) is 4.55. The molecule has 1 aliphatic rings. The summed E-state index contributed by atoms with van der Waals surface area (Å²) in [5.74, 6) is 0. The topological polar surface area (TPSA) is 46.0 Å². The van der Waals surface area contributed by atoms with Gasteiger partial charge in [0.2, 0.25) is 0 Å². The van der Waals surface area contributed by atoms with Crippen LogP contribution in [-0.2, 0) is 19.3 Å². The number of fused-ring (bicyclic) bond motifs is 1. The zero-order valence-corrected chi connectivity index (χ0v) is 10.3. The second-order valence-electron chi connectivity index (χ2n) is 4.50. The number of aliphatic hydroxyl groups is 1. The molecule has 1 N–H and O–H groups in total. The van der Waals surface area contributed by atoms with Crippen LogP contribution >= 0.6 is 11.5 Å². The van der Waals surface area contributed by atoms with E-state index in [1.165, 1.54) is 47.5 Å². The Bertz CT molecular complexity index is 510. The molecule has 1 aromatic carbocycles. The molecule has 0 aliphatic heterocycles. The van der Waals surface area contributed by atoms with Crippen molar-refractivity contribution in [3.05, 3.63) is 46.0 Å². The fraction of sp³-hybridized carbons (Fsp3) is 0.385. The minimum atomic E-state index is -0.477. The first-order valence-electron chi connectivity index (χ1n) is 5.89. The summed E-state index contributed by atoms with van der Waals surface area (Å²) >= 11 is 1.26. The molecule has 0 fully saturated rings. The third-order valence-corrected chi connectivity index (χ3v) is 4.06. The van der Waals surface area contributed by atoms with Gasteiger partial charge in [0.1, 0.15) is 0 Å². The quantitative estimate of drug-likeness (QED) is 0.904. The molecule has 1 aliphatic carbocycles. The summed E-state index contributed by atoms with van der Waals surface area (Å²) < 4.78 is 3.77. The van der Waals surface area contributed by atoms with Crippen molar-refractivity contribution >= 4 is 11.5 Å². The molecule has 0 spiro atoms. The standard InChI is InChI=1S/C13H14N2OS/c16-12(13-8-14-15-17-13)7-9-4-5-10-2-1-3-11(10)6-9/h4-6,8,12,16H,1-3,7H2. The number of aromatic nitrogens is 2. The number of nitrogens with zero attached hydrogens (tertiary/aromatic N) is 2. The van der Waals surface area contributed by atoms with Crippen LogP contribution in [0.4, 0.5) is 0 Å². The average Bonchev–Trinajstić information content (AvgIpc) is 2.99. The monoisotopic (exact) mass is 246 g/mol. The van der Waals surface area contributed by atoms with Crippen molar-refractivity contribution in [2.75, 3.05) is 0 Å². The SMILES string of the molecule is OC(Cc1ccc2c(c1)CCC2)c1cnns1. The second-order valence-corrected chi connectivity index (χ2v) is 5.31. The van der Waals surface area contributed by atoms with Gasteiger partial charge in [-0.25, -0.2) is 0 Å². The first-order valence-corrected chi connectivity index (χ1v) is 6.66. The molecule has 1 atom stereocenters. The van der Waals surface area contributed by atoms with Crippen LogP contribution in [0.15, 0.2) is 24.4 Å². The molecule has 1 unspecified atom stereocenters. The summed E-state index contributed by atoms with van der Waals surface area (Å²) in [7, 11) is 0. The van der Waals surface area contributed by atoms with Crippen LogP contribution in [0.5, 0.6) is 0 Å². The van der Waals surface area contributed by atoms with Gasteiger partial charge >= 0.3 is 0 Å². The van der Waals surface area contributed by atoms with Crippen molar-refractivity contribution in [3.8, 4) is 0 Å². The van der Waals surface area contributed by atoms with Gasteiger partial charge in [-0.2, -0.15) is 0 Å². The smallest absolute Gasteiger partial charge is 0.0954 e.